The van der Waals surface area contributed by atoms with Crippen LogP contribution in [-0.2, 0) is 6.61 Å². The first-order valence-electron chi connectivity index (χ1n) is 10.3. The van der Waals surface area contributed by atoms with Gasteiger partial charge in [-0.2, -0.15) is 0 Å². The van der Waals surface area contributed by atoms with Crippen molar-refractivity contribution >= 4 is 49.3 Å². The molecule has 0 aliphatic heterocycles. The largest absolute Gasteiger partial charge is 0.486 e. The van der Waals surface area contributed by atoms with E-state index in [0.29, 0.717) is 23.7 Å². The summed E-state index contributed by atoms with van der Waals surface area (Å²) in [6, 6.07) is 29.5. The monoisotopic (exact) mass is 482 g/mol. The quantitative estimate of drug-likeness (QED) is 0.183. The van der Waals surface area contributed by atoms with Crippen LogP contribution >= 0.6 is 15.9 Å². The van der Waals surface area contributed by atoms with Crippen molar-refractivity contribution in [1.29, 1.82) is 0 Å². The minimum atomic E-state index is -0.0623. The van der Waals surface area contributed by atoms with E-state index in [1.807, 2.05) is 78.9 Å². The van der Waals surface area contributed by atoms with Gasteiger partial charge in [0.15, 0.2) is 5.78 Å². The van der Waals surface area contributed by atoms with Crippen LogP contribution in [-0.4, -0.2) is 5.78 Å². The number of carbonyl (C=O) groups is 1. The summed E-state index contributed by atoms with van der Waals surface area (Å²) in [7, 11) is 0. The molecule has 0 saturated carbocycles. The van der Waals surface area contributed by atoms with Crippen LogP contribution < -0.4 is 4.74 Å². The van der Waals surface area contributed by atoms with Gasteiger partial charge in [-0.05, 0) is 76.2 Å². The summed E-state index contributed by atoms with van der Waals surface area (Å²) < 4.78 is 12.7. The number of ether oxygens (including phenoxy) is 1. The third-order valence-corrected chi connectivity index (χ3v) is 5.76. The molecule has 0 saturated heterocycles. The van der Waals surface area contributed by atoms with Crippen molar-refractivity contribution in [1.82, 2.24) is 0 Å². The van der Waals surface area contributed by atoms with Gasteiger partial charge in [0.25, 0.3) is 0 Å². The minimum absolute atomic E-state index is 0.0623. The zero-order valence-electron chi connectivity index (χ0n) is 17.1. The molecule has 4 aromatic carbocycles. The number of fused-ring (bicyclic) bond motifs is 2. The van der Waals surface area contributed by atoms with Gasteiger partial charge in [-0.1, -0.05) is 64.5 Å². The molecule has 5 aromatic rings. The summed E-state index contributed by atoms with van der Waals surface area (Å²) in [5.74, 6) is 2.02. The van der Waals surface area contributed by atoms with Gasteiger partial charge in [-0.25, -0.2) is 0 Å². The third-order valence-electron chi connectivity index (χ3n) is 5.27. The van der Waals surface area contributed by atoms with Gasteiger partial charge in [-0.3, -0.25) is 4.79 Å². The van der Waals surface area contributed by atoms with Crippen LogP contribution in [0.1, 0.15) is 21.9 Å². The standard InChI is InChI=1S/C28H19BrO3/c29-24-9-7-22-17-26(10-8-21(22)16-24)31-18-27-12-11-25(32-27)13-14-28(30)23-6-5-19-3-1-2-4-20(19)15-23/h1-17H,18H2/b14-13+. The van der Waals surface area contributed by atoms with Crippen LogP contribution in [0.15, 0.2) is 106 Å². The van der Waals surface area contributed by atoms with Crippen LogP contribution in [0.5, 0.6) is 5.75 Å². The molecule has 0 atom stereocenters. The molecule has 5 rings (SSSR count). The summed E-state index contributed by atoms with van der Waals surface area (Å²) in [5.41, 5.74) is 0.651. The van der Waals surface area contributed by atoms with E-state index in [1.165, 1.54) is 6.08 Å². The van der Waals surface area contributed by atoms with Crippen molar-refractivity contribution in [2.24, 2.45) is 0 Å². The molecule has 0 fully saturated rings. The fourth-order valence-corrected chi connectivity index (χ4v) is 3.98. The normalized spacial score (nSPS) is 11.4. The lowest BCUT2D eigenvalue weighted by atomic mass is 10.0. The summed E-state index contributed by atoms with van der Waals surface area (Å²) in [6.45, 7) is 0.314. The number of ketones is 1. The number of hydrogen-bond acceptors (Lipinski definition) is 3. The number of benzene rings is 4. The van der Waals surface area contributed by atoms with E-state index in [4.69, 9.17) is 9.15 Å². The van der Waals surface area contributed by atoms with E-state index in [2.05, 4.69) is 28.1 Å². The average Bonchev–Trinajstić information content (AvgIpc) is 3.28. The van der Waals surface area contributed by atoms with Crippen molar-refractivity contribution in [3.05, 3.63) is 119 Å². The molecule has 1 heterocycles. The van der Waals surface area contributed by atoms with Crippen molar-refractivity contribution in [2.45, 2.75) is 6.61 Å². The zero-order chi connectivity index (χ0) is 21.9. The summed E-state index contributed by atoms with van der Waals surface area (Å²) >= 11 is 3.49. The van der Waals surface area contributed by atoms with E-state index in [0.717, 1.165) is 31.8 Å². The van der Waals surface area contributed by atoms with Crippen LogP contribution in [0.4, 0.5) is 0 Å². The van der Waals surface area contributed by atoms with Crippen molar-refractivity contribution in [3.8, 4) is 5.75 Å². The predicted molar refractivity (Wildman–Crippen MR) is 132 cm³/mol. The topological polar surface area (TPSA) is 39.4 Å². The molecule has 1 aromatic heterocycles. The second-order valence-corrected chi connectivity index (χ2v) is 8.42. The van der Waals surface area contributed by atoms with E-state index in [-0.39, 0.29) is 5.78 Å². The first kappa shape index (κ1) is 20.3. The molecule has 0 unspecified atom stereocenters. The third kappa shape index (κ3) is 4.51. The van der Waals surface area contributed by atoms with Gasteiger partial charge in [0.2, 0.25) is 0 Å². The maximum absolute atomic E-state index is 12.6. The van der Waals surface area contributed by atoms with Crippen molar-refractivity contribution in [2.75, 3.05) is 0 Å². The van der Waals surface area contributed by atoms with Crippen molar-refractivity contribution in [3.63, 3.8) is 0 Å². The lowest BCUT2D eigenvalue weighted by Crippen LogP contribution is -1.94. The van der Waals surface area contributed by atoms with Gasteiger partial charge in [0.1, 0.15) is 23.9 Å². The predicted octanol–water partition coefficient (Wildman–Crippen LogP) is 7.82. The summed E-state index contributed by atoms with van der Waals surface area (Å²) in [5, 5.41) is 4.42. The molecule has 3 nitrogen and oxygen atoms in total. The Morgan fingerprint density at radius 3 is 2.47 bits per heavy atom. The lowest BCUT2D eigenvalue weighted by Gasteiger charge is -2.06. The Morgan fingerprint density at radius 2 is 1.56 bits per heavy atom. The molecule has 0 aliphatic rings. The van der Waals surface area contributed by atoms with Crippen molar-refractivity contribution < 1.29 is 13.9 Å². The smallest absolute Gasteiger partial charge is 0.185 e. The SMILES string of the molecule is O=C(/C=C/c1ccc(COc2ccc3cc(Br)ccc3c2)o1)c1ccc2ccccc2c1. The Balaban J connectivity index is 1.23. The summed E-state index contributed by atoms with van der Waals surface area (Å²) in [4.78, 5) is 12.6. The Bertz CT molecular complexity index is 1460. The van der Waals surface area contributed by atoms with Crippen LogP contribution in [0.3, 0.4) is 0 Å². The second kappa shape index (κ2) is 8.85. The number of hydrogen-bond donors (Lipinski definition) is 0. The fraction of sp³-hybridized carbons (Fsp3) is 0.0357. The Kier molecular flexibility index (Phi) is 5.61. The molecule has 0 N–H and O–H groups in total. The highest BCUT2D eigenvalue weighted by molar-refractivity contribution is 9.10. The minimum Gasteiger partial charge on any atom is -0.486 e. The second-order valence-electron chi connectivity index (χ2n) is 7.51. The highest BCUT2D eigenvalue weighted by atomic mass is 79.9. The van der Waals surface area contributed by atoms with E-state index < -0.39 is 0 Å². The summed E-state index contributed by atoms with van der Waals surface area (Å²) in [6.07, 6.45) is 3.23. The highest BCUT2D eigenvalue weighted by Gasteiger charge is 2.06. The first-order chi connectivity index (χ1) is 15.6. The molecule has 0 spiro atoms. The molecule has 0 amide bonds. The molecule has 32 heavy (non-hydrogen) atoms. The van der Waals surface area contributed by atoms with Gasteiger partial charge in [-0.15, -0.1) is 0 Å². The zero-order valence-corrected chi connectivity index (χ0v) is 18.7. The molecule has 156 valence electrons. The molecule has 0 bridgehead atoms. The molecular formula is C28H19BrO3. The van der Waals surface area contributed by atoms with Gasteiger partial charge < -0.3 is 9.15 Å². The highest BCUT2D eigenvalue weighted by Crippen LogP contribution is 2.25. The Morgan fingerprint density at radius 1 is 0.812 bits per heavy atom. The fourth-order valence-electron chi connectivity index (χ4n) is 3.60. The number of carbonyl (C=O) groups excluding carboxylic acids is 1. The number of allylic oxidation sites excluding steroid dienone is 1. The number of halogens is 1. The van der Waals surface area contributed by atoms with Gasteiger partial charge in [0, 0.05) is 10.0 Å². The molecule has 0 aliphatic carbocycles. The maximum atomic E-state index is 12.6. The van der Waals surface area contributed by atoms with E-state index in [9.17, 15) is 4.79 Å². The lowest BCUT2D eigenvalue weighted by molar-refractivity contribution is 0.104. The Hall–Kier alpha value is -3.63. The maximum Gasteiger partial charge on any atom is 0.185 e. The van der Waals surface area contributed by atoms with Gasteiger partial charge in [0.05, 0.1) is 0 Å². The first-order valence-corrected chi connectivity index (χ1v) is 11.1. The van der Waals surface area contributed by atoms with Crippen LogP contribution in [0.25, 0.3) is 27.6 Å². The number of furan rings is 1. The average molecular weight is 483 g/mol. The van der Waals surface area contributed by atoms with Crippen LogP contribution in [0, 0.1) is 0 Å². The molecule has 0 radical (unpaired) electrons. The molecular weight excluding hydrogens is 464 g/mol. The Labute approximate surface area is 194 Å². The molecule has 4 heteroatoms. The van der Waals surface area contributed by atoms with Crippen LogP contribution in [0.2, 0.25) is 0 Å². The number of rotatable bonds is 6. The van der Waals surface area contributed by atoms with E-state index in [1.54, 1.807) is 6.08 Å². The van der Waals surface area contributed by atoms with Gasteiger partial charge >= 0.3 is 0 Å². The van der Waals surface area contributed by atoms with E-state index >= 15 is 0 Å².